The highest BCUT2D eigenvalue weighted by Crippen LogP contribution is 2.36. The van der Waals surface area contributed by atoms with E-state index in [0.29, 0.717) is 6.07 Å². The number of aryl methyl sites for hydroxylation is 1. The Bertz CT molecular complexity index is 1310. The van der Waals surface area contributed by atoms with Crippen molar-refractivity contribution in [3.8, 4) is 22.6 Å². The molecule has 2 amide bonds. The number of ether oxygens (including phenoxy) is 1. The fourth-order valence-electron chi connectivity index (χ4n) is 3.23. The lowest BCUT2D eigenvalue weighted by Crippen LogP contribution is -2.41. The molecule has 11 heteroatoms. The third-order valence-electron chi connectivity index (χ3n) is 4.89. The van der Waals surface area contributed by atoms with Crippen LogP contribution in [-0.4, -0.2) is 40.4 Å². The molecule has 0 saturated carbocycles. The normalized spacial score (nSPS) is 10.6. The van der Waals surface area contributed by atoms with Gasteiger partial charge in [-0.25, -0.2) is 13.6 Å². The van der Waals surface area contributed by atoms with Gasteiger partial charge >= 0.3 is 12.0 Å². The standard InChI is InChI=1S/C23H21F2N3O6/c1-27-8-6-19(29)21(22(27)32)28(23(33)26-7-5-20(30)31)15-9-13(10-16(12-15)34-2)17-4-3-14(24)11-18(17)25/h3-4,6,8-12,29H,5,7H2,1-2H3,(H,26,33)(H,30,31). The molecular weight excluding hydrogens is 452 g/mol. The Kier molecular flexibility index (Phi) is 7.15. The highest BCUT2D eigenvalue weighted by atomic mass is 19.1. The molecule has 0 aliphatic heterocycles. The van der Waals surface area contributed by atoms with E-state index in [1.807, 2.05) is 0 Å². The van der Waals surface area contributed by atoms with Crippen LogP contribution in [0.15, 0.2) is 53.5 Å². The minimum absolute atomic E-state index is 0.00188. The fraction of sp³-hybridized carbons (Fsp3) is 0.174. The second-order valence-electron chi connectivity index (χ2n) is 7.22. The van der Waals surface area contributed by atoms with E-state index in [1.54, 1.807) is 0 Å². The number of carbonyl (C=O) groups is 2. The van der Waals surface area contributed by atoms with Gasteiger partial charge in [-0.05, 0) is 35.9 Å². The molecule has 0 aliphatic rings. The number of carboxylic acid groups (broad SMARTS) is 1. The number of amides is 2. The molecular formula is C23H21F2N3O6. The molecule has 0 atom stereocenters. The number of rotatable bonds is 7. The zero-order valence-corrected chi connectivity index (χ0v) is 18.2. The highest BCUT2D eigenvalue weighted by Gasteiger charge is 2.26. The first-order valence-electron chi connectivity index (χ1n) is 9.95. The lowest BCUT2D eigenvalue weighted by atomic mass is 10.0. The highest BCUT2D eigenvalue weighted by molar-refractivity contribution is 6.01. The number of aromatic hydroxyl groups is 1. The summed E-state index contributed by atoms with van der Waals surface area (Å²) in [5.41, 5.74) is -0.952. The molecule has 0 fully saturated rings. The molecule has 0 radical (unpaired) electrons. The number of hydrogen-bond acceptors (Lipinski definition) is 5. The van der Waals surface area contributed by atoms with Gasteiger partial charge in [-0.2, -0.15) is 0 Å². The summed E-state index contributed by atoms with van der Waals surface area (Å²) in [6.45, 7) is -0.262. The number of carbonyl (C=O) groups excluding carboxylic acids is 1. The van der Waals surface area contributed by atoms with Crippen LogP contribution in [0, 0.1) is 11.6 Å². The van der Waals surface area contributed by atoms with Crippen molar-refractivity contribution in [2.75, 3.05) is 18.6 Å². The maximum atomic E-state index is 14.5. The maximum Gasteiger partial charge on any atom is 0.326 e. The lowest BCUT2D eigenvalue weighted by Gasteiger charge is -2.25. The Labute approximate surface area is 192 Å². The van der Waals surface area contributed by atoms with E-state index >= 15 is 0 Å². The molecule has 0 unspecified atom stereocenters. The number of halogens is 2. The topological polar surface area (TPSA) is 121 Å². The number of aromatic nitrogens is 1. The van der Waals surface area contributed by atoms with Gasteiger partial charge in [-0.15, -0.1) is 0 Å². The molecule has 178 valence electrons. The van der Waals surface area contributed by atoms with Gasteiger partial charge in [0.2, 0.25) is 0 Å². The molecule has 1 heterocycles. The van der Waals surface area contributed by atoms with Crippen molar-refractivity contribution in [2.24, 2.45) is 7.05 Å². The van der Waals surface area contributed by atoms with Crippen LogP contribution in [0.25, 0.3) is 11.1 Å². The zero-order valence-electron chi connectivity index (χ0n) is 18.2. The van der Waals surface area contributed by atoms with Crippen molar-refractivity contribution in [1.82, 2.24) is 9.88 Å². The Balaban J connectivity index is 2.21. The van der Waals surface area contributed by atoms with Crippen LogP contribution in [-0.2, 0) is 11.8 Å². The number of aliphatic carboxylic acids is 1. The third kappa shape index (κ3) is 5.14. The quantitative estimate of drug-likeness (QED) is 0.484. The van der Waals surface area contributed by atoms with Crippen molar-refractivity contribution in [1.29, 1.82) is 0 Å². The predicted molar refractivity (Wildman–Crippen MR) is 119 cm³/mol. The number of carboxylic acids is 1. The molecule has 2 aromatic carbocycles. The van der Waals surface area contributed by atoms with E-state index in [4.69, 9.17) is 9.84 Å². The Morgan fingerprint density at radius 1 is 1.15 bits per heavy atom. The summed E-state index contributed by atoms with van der Waals surface area (Å²) >= 11 is 0. The van der Waals surface area contributed by atoms with Crippen LogP contribution in [0.5, 0.6) is 11.5 Å². The fourth-order valence-corrected chi connectivity index (χ4v) is 3.23. The van der Waals surface area contributed by atoms with Gasteiger partial charge in [-0.1, -0.05) is 0 Å². The average molecular weight is 473 g/mol. The summed E-state index contributed by atoms with van der Waals surface area (Å²) in [7, 11) is 2.75. The first-order valence-corrected chi connectivity index (χ1v) is 9.95. The Morgan fingerprint density at radius 2 is 1.88 bits per heavy atom. The van der Waals surface area contributed by atoms with Gasteiger partial charge in [-0.3, -0.25) is 14.5 Å². The van der Waals surface area contributed by atoms with Crippen molar-refractivity contribution in [2.45, 2.75) is 6.42 Å². The molecule has 3 aromatic rings. The first-order chi connectivity index (χ1) is 16.1. The van der Waals surface area contributed by atoms with Crippen molar-refractivity contribution < 1.29 is 33.3 Å². The summed E-state index contributed by atoms with van der Waals surface area (Å²) in [6, 6.07) is 7.42. The molecule has 3 N–H and O–H groups in total. The van der Waals surface area contributed by atoms with Crippen molar-refractivity contribution in [3.05, 3.63) is 70.6 Å². The zero-order chi connectivity index (χ0) is 25.0. The monoisotopic (exact) mass is 473 g/mol. The van der Waals surface area contributed by atoms with E-state index in [0.717, 1.165) is 15.5 Å². The smallest absolute Gasteiger partial charge is 0.326 e. The predicted octanol–water partition coefficient (Wildman–Crippen LogP) is 3.37. The Hall–Kier alpha value is -4.41. The van der Waals surface area contributed by atoms with Gasteiger partial charge in [0.15, 0.2) is 5.69 Å². The van der Waals surface area contributed by atoms with Crippen molar-refractivity contribution in [3.63, 3.8) is 0 Å². The molecule has 3 rings (SSSR count). The number of methoxy groups -OCH3 is 1. The number of nitrogens with one attached hydrogen (secondary N) is 1. The minimum atomic E-state index is -1.15. The van der Waals surface area contributed by atoms with Crippen molar-refractivity contribution >= 4 is 23.4 Å². The number of urea groups is 1. The minimum Gasteiger partial charge on any atom is -0.505 e. The van der Waals surface area contributed by atoms with Gasteiger partial charge < -0.3 is 24.8 Å². The van der Waals surface area contributed by atoms with E-state index in [1.165, 1.54) is 50.7 Å². The number of benzene rings is 2. The summed E-state index contributed by atoms with van der Waals surface area (Å²) in [5, 5.41) is 21.7. The number of nitrogens with zero attached hydrogens (tertiary/aromatic N) is 2. The molecule has 34 heavy (non-hydrogen) atoms. The number of anilines is 2. The molecule has 1 aromatic heterocycles. The summed E-state index contributed by atoms with van der Waals surface area (Å²) in [4.78, 5) is 37.6. The molecule has 0 saturated heterocycles. The first kappa shape index (κ1) is 24.2. The van der Waals surface area contributed by atoms with Crippen LogP contribution < -0.4 is 20.5 Å². The van der Waals surface area contributed by atoms with Crippen LogP contribution in [0.4, 0.5) is 25.0 Å². The van der Waals surface area contributed by atoms with E-state index in [9.17, 15) is 28.3 Å². The largest absolute Gasteiger partial charge is 0.505 e. The molecule has 0 bridgehead atoms. The second-order valence-corrected chi connectivity index (χ2v) is 7.22. The maximum absolute atomic E-state index is 14.5. The third-order valence-corrected chi connectivity index (χ3v) is 4.89. The van der Waals surface area contributed by atoms with Crippen LogP contribution >= 0.6 is 0 Å². The van der Waals surface area contributed by atoms with E-state index in [2.05, 4.69) is 5.32 Å². The van der Waals surface area contributed by atoms with Crippen LogP contribution in [0.2, 0.25) is 0 Å². The number of hydrogen-bond donors (Lipinski definition) is 3. The van der Waals surface area contributed by atoms with Crippen LogP contribution in [0.3, 0.4) is 0 Å². The lowest BCUT2D eigenvalue weighted by molar-refractivity contribution is -0.136. The van der Waals surface area contributed by atoms with Gasteiger partial charge in [0.25, 0.3) is 5.56 Å². The summed E-state index contributed by atoms with van der Waals surface area (Å²) in [6.07, 6.45) is 0.912. The summed E-state index contributed by atoms with van der Waals surface area (Å²) < 4.78 is 34.3. The molecule has 0 aliphatic carbocycles. The SMILES string of the molecule is COc1cc(-c2ccc(F)cc2F)cc(N(C(=O)NCCC(=O)O)c2c(O)ccn(C)c2=O)c1. The summed E-state index contributed by atoms with van der Waals surface area (Å²) in [5.74, 6) is -3.14. The van der Waals surface area contributed by atoms with E-state index in [-0.39, 0.29) is 35.5 Å². The molecule has 9 nitrogen and oxygen atoms in total. The average Bonchev–Trinajstić information content (AvgIpc) is 2.78. The van der Waals surface area contributed by atoms with Gasteiger partial charge in [0.1, 0.15) is 23.1 Å². The van der Waals surface area contributed by atoms with Crippen LogP contribution in [0.1, 0.15) is 6.42 Å². The van der Waals surface area contributed by atoms with Gasteiger partial charge in [0.05, 0.1) is 19.2 Å². The second kappa shape index (κ2) is 10.0. The molecule has 0 spiro atoms. The Morgan fingerprint density at radius 3 is 2.53 bits per heavy atom. The van der Waals surface area contributed by atoms with Gasteiger partial charge in [0, 0.05) is 37.5 Å². The van der Waals surface area contributed by atoms with E-state index < -0.39 is 40.6 Å². The number of pyridine rings is 1.